The summed E-state index contributed by atoms with van der Waals surface area (Å²) in [6.45, 7) is 7.07. The number of hydrogen-bond donors (Lipinski definition) is 1. The van der Waals surface area contributed by atoms with E-state index in [1.165, 1.54) is 11.1 Å². The van der Waals surface area contributed by atoms with Crippen LogP contribution in [0.25, 0.3) is 5.70 Å². The maximum absolute atomic E-state index is 12.7. The van der Waals surface area contributed by atoms with Gasteiger partial charge in [-0.2, -0.15) is 4.68 Å². The summed E-state index contributed by atoms with van der Waals surface area (Å²) >= 11 is 0. The van der Waals surface area contributed by atoms with Gasteiger partial charge in [-0.25, -0.2) is 0 Å². The van der Waals surface area contributed by atoms with E-state index in [4.69, 9.17) is 0 Å². The van der Waals surface area contributed by atoms with Gasteiger partial charge in [0.15, 0.2) is 0 Å². The summed E-state index contributed by atoms with van der Waals surface area (Å²) in [5.74, 6) is 0.518. The number of nitrogens with one attached hydrogen (secondary N) is 1. The second-order valence-corrected chi connectivity index (χ2v) is 7.99. The molecule has 7 nitrogen and oxygen atoms in total. The molecule has 0 aliphatic carbocycles. The summed E-state index contributed by atoms with van der Waals surface area (Å²) < 4.78 is 1.78. The number of amides is 1. The van der Waals surface area contributed by atoms with Crippen molar-refractivity contribution in [3.8, 4) is 0 Å². The molecule has 2 heterocycles. The molecular formula is C24H28N6O. The molecule has 1 aliphatic heterocycles. The normalized spacial score (nSPS) is 15.4. The van der Waals surface area contributed by atoms with Crippen LogP contribution in [0.3, 0.4) is 0 Å². The number of nitrogens with zero attached hydrogens (tertiary/aromatic N) is 5. The maximum atomic E-state index is 12.7. The van der Waals surface area contributed by atoms with E-state index < -0.39 is 0 Å². The van der Waals surface area contributed by atoms with E-state index in [0.29, 0.717) is 12.5 Å². The van der Waals surface area contributed by atoms with Crippen LogP contribution in [-0.2, 0) is 4.79 Å². The minimum Gasteiger partial charge on any atom is -0.355 e. The Morgan fingerprint density at radius 1 is 1.03 bits per heavy atom. The van der Waals surface area contributed by atoms with E-state index in [2.05, 4.69) is 96.2 Å². The summed E-state index contributed by atoms with van der Waals surface area (Å²) in [6.07, 6.45) is 4.13. The van der Waals surface area contributed by atoms with Crippen molar-refractivity contribution in [1.82, 2.24) is 25.5 Å². The summed E-state index contributed by atoms with van der Waals surface area (Å²) in [7, 11) is 0. The van der Waals surface area contributed by atoms with E-state index in [1.807, 2.05) is 4.90 Å². The highest BCUT2D eigenvalue weighted by atomic mass is 16.2. The van der Waals surface area contributed by atoms with Crippen molar-refractivity contribution in [2.75, 3.05) is 18.0 Å². The average Bonchev–Trinajstić information content (AvgIpc) is 3.26. The van der Waals surface area contributed by atoms with Gasteiger partial charge in [-0.3, -0.25) is 9.69 Å². The van der Waals surface area contributed by atoms with Crippen molar-refractivity contribution in [1.29, 1.82) is 0 Å². The topological polar surface area (TPSA) is 75.9 Å². The summed E-state index contributed by atoms with van der Waals surface area (Å²) in [4.78, 5) is 14.6. The van der Waals surface area contributed by atoms with Gasteiger partial charge in [0.05, 0.1) is 5.70 Å². The molecular weight excluding hydrogens is 388 g/mol. The number of unbranched alkanes of at least 4 members (excludes halogenated alkanes) is 1. The molecule has 1 aromatic heterocycles. The first-order valence-electron chi connectivity index (χ1n) is 10.7. The zero-order chi connectivity index (χ0) is 21.8. The number of carbonyl (C=O) groups excluding carboxylic acids is 1. The average molecular weight is 417 g/mol. The van der Waals surface area contributed by atoms with Crippen LogP contribution in [0.1, 0.15) is 48.1 Å². The number of allylic oxidation sites excluding steroid dienone is 1. The Labute approximate surface area is 182 Å². The highest BCUT2D eigenvalue weighted by Crippen LogP contribution is 2.36. The van der Waals surface area contributed by atoms with Crippen LogP contribution in [0.4, 0.5) is 5.95 Å². The Morgan fingerprint density at radius 2 is 1.71 bits per heavy atom. The van der Waals surface area contributed by atoms with Gasteiger partial charge in [-0.15, -0.1) is 0 Å². The molecule has 1 amide bonds. The number of rotatable bonds is 7. The van der Waals surface area contributed by atoms with E-state index in [0.717, 1.165) is 29.7 Å². The predicted octanol–water partition coefficient (Wildman–Crippen LogP) is 3.66. The molecule has 1 atom stereocenters. The molecule has 1 aliphatic rings. The van der Waals surface area contributed by atoms with Gasteiger partial charge >= 0.3 is 0 Å². The number of benzene rings is 2. The van der Waals surface area contributed by atoms with Gasteiger partial charge in [0.1, 0.15) is 12.6 Å². The first-order chi connectivity index (χ1) is 15.1. The predicted molar refractivity (Wildman–Crippen MR) is 122 cm³/mol. The Bertz CT molecular complexity index is 1070. The van der Waals surface area contributed by atoms with Crippen molar-refractivity contribution in [2.24, 2.45) is 0 Å². The van der Waals surface area contributed by atoms with Gasteiger partial charge in [0.25, 0.3) is 5.95 Å². The molecule has 0 saturated heterocycles. The Balaban J connectivity index is 1.74. The number of carbonyl (C=O) groups is 1. The number of anilines is 1. The summed E-state index contributed by atoms with van der Waals surface area (Å²) in [6, 6.07) is 16.5. The van der Waals surface area contributed by atoms with E-state index in [9.17, 15) is 4.79 Å². The van der Waals surface area contributed by atoms with Gasteiger partial charge in [-0.05, 0) is 47.9 Å². The number of aromatic nitrogens is 4. The van der Waals surface area contributed by atoms with Crippen LogP contribution in [0.2, 0.25) is 0 Å². The van der Waals surface area contributed by atoms with Crippen LogP contribution < -0.4 is 10.2 Å². The van der Waals surface area contributed by atoms with Crippen LogP contribution in [-0.4, -0.2) is 39.2 Å². The lowest BCUT2D eigenvalue weighted by atomic mass is 9.99. The summed E-state index contributed by atoms with van der Waals surface area (Å²) in [5.41, 5.74) is 5.43. The number of tetrazole rings is 1. The summed E-state index contributed by atoms with van der Waals surface area (Å²) in [5, 5.41) is 15.5. The fourth-order valence-electron chi connectivity index (χ4n) is 3.70. The van der Waals surface area contributed by atoms with Gasteiger partial charge in [0, 0.05) is 6.54 Å². The molecule has 1 N–H and O–H groups in total. The highest BCUT2D eigenvalue weighted by molar-refractivity contribution is 5.89. The third-order valence-corrected chi connectivity index (χ3v) is 5.51. The van der Waals surface area contributed by atoms with Crippen molar-refractivity contribution >= 4 is 17.6 Å². The van der Waals surface area contributed by atoms with Crippen LogP contribution in [0.5, 0.6) is 0 Å². The smallest absolute Gasteiger partial charge is 0.251 e. The van der Waals surface area contributed by atoms with E-state index in [1.54, 1.807) is 4.68 Å². The SMILES string of the molecule is CCCCNC(=O)CN1C(c2ccc(C)cc2)=C[C@H](c2ccc(C)cc2)n2nnnc21. The fraction of sp³-hybridized carbons (Fsp3) is 0.333. The Morgan fingerprint density at radius 3 is 2.39 bits per heavy atom. The quantitative estimate of drug-likeness (QED) is 0.595. The molecule has 0 saturated carbocycles. The zero-order valence-electron chi connectivity index (χ0n) is 18.2. The Hall–Kier alpha value is -3.48. The minimum atomic E-state index is -0.152. The largest absolute Gasteiger partial charge is 0.355 e. The molecule has 7 heteroatoms. The van der Waals surface area contributed by atoms with Crippen molar-refractivity contribution in [3.63, 3.8) is 0 Å². The molecule has 31 heavy (non-hydrogen) atoms. The first kappa shape index (κ1) is 20.8. The standard InChI is InChI=1S/C24H28N6O/c1-4-5-14-25-23(31)16-29-21(19-10-6-17(2)7-11-19)15-22(30-24(29)26-27-28-30)20-12-8-18(3)9-13-20/h6-13,15,22H,4-5,14,16H2,1-3H3,(H,25,31)/t22-/m1/s1. The van der Waals surface area contributed by atoms with Gasteiger partial charge in [-0.1, -0.05) is 78.1 Å². The molecule has 0 bridgehead atoms. The van der Waals surface area contributed by atoms with Crippen molar-refractivity contribution < 1.29 is 4.79 Å². The molecule has 4 rings (SSSR count). The Kier molecular flexibility index (Phi) is 6.11. The zero-order valence-corrected chi connectivity index (χ0v) is 18.2. The van der Waals surface area contributed by atoms with Crippen LogP contribution >= 0.6 is 0 Å². The molecule has 0 spiro atoms. The van der Waals surface area contributed by atoms with Gasteiger partial charge in [0.2, 0.25) is 5.91 Å². The first-order valence-corrected chi connectivity index (χ1v) is 10.7. The molecule has 160 valence electrons. The van der Waals surface area contributed by atoms with Crippen LogP contribution in [0.15, 0.2) is 54.6 Å². The van der Waals surface area contributed by atoms with E-state index >= 15 is 0 Å². The molecule has 0 unspecified atom stereocenters. The molecule has 3 aromatic rings. The lowest BCUT2D eigenvalue weighted by Crippen LogP contribution is -2.40. The van der Waals surface area contributed by atoms with Crippen molar-refractivity contribution in [3.05, 3.63) is 76.9 Å². The molecule has 2 aromatic carbocycles. The minimum absolute atomic E-state index is 0.0465. The third kappa shape index (κ3) is 4.50. The number of fused-ring (bicyclic) bond motifs is 1. The highest BCUT2D eigenvalue weighted by Gasteiger charge is 2.31. The number of aryl methyl sites for hydroxylation is 2. The molecule has 0 fully saturated rings. The number of hydrogen-bond acceptors (Lipinski definition) is 5. The monoisotopic (exact) mass is 416 g/mol. The fourth-order valence-corrected chi connectivity index (χ4v) is 3.70. The van der Waals surface area contributed by atoms with Gasteiger partial charge < -0.3 is 5.32 Å². The lowest BCUT2D eigenvalue weighted by molar-refractivity contribution is -0.119. The van der Waals surface area contributed by atoms with Crippen molar-refractivity contribution in [2.45, 2.75) is 39.7 Å². The third-order valence-electron chi connectivity index (χ3n) is 5.51. The lowest BCUT2D eigenvalue weighted by Gasteiger charge is -2.32. The second-order valence-electron chi connectivity index (χ2n) is 7.99. The second kappa shape index (κ2) is 9.12. The maximum Gasteiger partial charge on any atom is 0.251 e. The molecule has 0 radical (unpaired) electrons. The van der Waals surface area contributed by atoms with Crippen LogP contribution in [0, 0.1) is 13.8 Å². The van der Waals surface area contributed by atoms with E-state index in [-0.39, 0.29) is 18.5 Å².